The van der Waals surface area contributed by atoms with Crippen molar-refractivity contribution in [3.05, 3.63) is 62.1 Å². The minimum absolute atomic E-state index is 0.446. The molecule has 2 rings (SSSR count). The fraction of sp³-hybridized carbons (Fsp3) is 0.250. The van der Waals surface area contributed by atoms with Gasteiger partial charge in [-0.15, -0.1) is 0 Å². The Morgan fingerprint density at radius 3 is 2.48 bits per heavy atom. The molecule has 0 aliphatic heterocycles. The second-order valence-corrected chi connectivity index (χ2v) is 5.89. The number of hydrogen-bond donors (Lipinski definition) is 1. The fourth-order valence-corrected chi connectivity index (χ4v) is 2.87. The van der Waals surface area contributed by atoms with Gasteiger partial charge in [0.05, 0.1) is 17.7 Å². The third-order valence-electron chi connectivity index (χ3n) is 3.24. The maximum absolute atomic E-state index is 6.33. The summed E-state index contributed by atoms with van der Waals surface area (Å²) in [4.78, 5) is 0. The van der Waals surface area contributed by atoms with Crippen molar-refractivity contribution >= 4 is 34.8 Å². The van der Waals surface area contributed by atoms with Crippen LogP contribution in [0.2, 0.25) is 15.1 Å². The number of benzene rings is 2. The second-order valence-electron chi connectivity index (χ2n) is 4.69. The summed E-state index contributed by atoms with van der Waals surface area (Å²) in [5.74, 6) is 0.551. The van der Waals surface area contributed by atoms with Gasteiger partial charge in [-0.1, -0.05) is 53.0 Å². The smallest absolute Gasteiger partial charge is 0.139 e. The summed E-state index contributed by atoms with van der Waals surface area (Å²) in [7, 11) is 0. The maximum Gasteiger partial charge on any atom is 0.139 e. The Labute approximate surface area is 139 Å². The molecule has 0 aliphatic carbocycles. The molecule has 1 atom stereocenters. The highest BCUT2D eigenvalue weighted by Crippen LogP contribution is 2.37. The lowest BCUT2D eigenvalue weighted by Crippen LogP contribution is -2.13. The lowest BCUT2D eigenvalue weighted by molar-refractivity contribution is 0.340. The first-order valence-corrected chi connectivity index (χ1v) is 7.71. The topological polar surface area (TPSA) is 35.2 Å². The van der Waals surface area contributed by atoms with E-state index in [2.05, 4.69) is 0 Å². The van der Waals surface area contributed by atoms with Crippen molar-refractivity contribution in [3.63, 3.8) is 0 Å². The van der Waals surface area contributed by atoms with E-state index in [0.29, 0.717) is 27.4 Å². The van der Waals surface area contributed by atoms with Crippen LogP contribution in [0.4, 0.5) is 0 Å². The summed E-state index contributed by atoms with van der Waals surface area (Å²) in [6, 6.07) is 8.72. The highest BCUT2D eigenvalue weighted by atomic mass is 35.5. The van der Waals surface area contributed by atoms with Crippen LogP contribution in [0.5, 0.6) is 5.75 Å². The molecule has 0 amide bonds. The lowest BCUT2D eigenvalue weighted by Gasteiger charge is -2.18. The van der Waals surface area contributed by atoms with E-state index in [9.17, 15) is 0 Å². The average molecular weight is 345 g/mol. The van der Waals surface area contributed by atoms with Gasteiger partial charge in [-0.05, 0) is 36.6 Å². The molecule has 0 aliphatic rings. The van der Waals surface area contributed by atoms with Gasteiger partial charge in [0.1, 0.15) is 5.75 Å². The molecule has 0 fully saturated rings. The van der Waals surface area contributed by atoms with Crippen molar-refractivity contribution in [2.24, 2.45) is 5.73 Å². The molecule has 2 nitrogen and oxygen atoms in total. The lowest BCUT2D eigenvalue weighted by atomic mass is 9.98. The summed E-state index contributed by atoms with van der Waals surface area (Å²) in [5, 5.41) is 1.63. The van der Waals surface area contributed by atoms with E-state index in [0.717, 1.165) is 16.7 Å². The Kier molecular flexibility index (Phi) is 5.39. The molecule has 0 saturated carbocycles. The normalized spacial score (nSPS) is 12.3. The Balaban J connectivity index is 2.46. The molecule has 2 aromatic carbocycles. The molecule has 2 aromatic rings. The van der Waals surface area contributed by atoms with Gasteiger partial charge in [-0.3, -0.25) is 0 Å². The molecule has 2 N–H and O–H groups in total. The molecule has 5 heteroatoms. The molecule has 112 valence electrons. The van der Waals surface area contributed by atoms with Gasteiger partial charge >= 0.3 is 0 Å². The quantitative estimate of drug-likeness (QED) is 0.805. The fourth-order valence-electron chi connectivity index (χ4n) is 2.13. The Bertz CT molecular complexity index is 658. The van der Waals surface area contributed by atoms with Gasteiger partial charge in [0.15, 0.2) is 0 Å². The first kappa shape index (κ1) is 16.4. The number of hydrogen-bond acceptors (Lipinski definition) is 2. The number of ether oxygens (including phenoxy) is 1. The van der Waals surface area contributed by atoms with Gasteiger partial charge in [-0.25, -0.2) is 0 Å². The summed E-state index contributed by atoms with van der Waals surface area (Å²) >= 11 is 18.9. The van der Waals surface area contributed by atoms with E-state index >= 15 is 0 Å². The molecule has 1 unspecified atom stereocenters. The number of aryl methyl sites for hydroxylation is 1. The average Bonchev–Trinajstić information content (AvgIpc) is 2.45. The molecule has 21 heavy (non-hydrogen) atoms. The monoisotopic (exact) mass is 343 g/mol. The Morgan fingerprint density at radius 1 is 1.10 bits per heavy atom. The third-order valence-corrected chi connectivity index (χ3v) is 4.38. The Morgan fingerprint density at radius 2 is 1.81 bits per heavy atom. The van der Waals surface area contributed by atoms with Crippen LogP contribution in [0.1, 0.15) is 29.7 Å². The summed E-state index contributed by atoms with van der Waals surface area (Å²) < 4.78 is 5.42. The highest BCUT2D eigenvalue weighted by Gasteiger charge is 2.18. The maximum atomic E-state index is 6.33. The van der Waals surface area contributed by atoms with Crippen molar-refractivity contribution < 1.29 is 4.74 Å². The van der Waals surface area contributed by atoms with Crippen molar-refractivity contribution in [1.29, 1.82) is 0 Å². The molecule has 0 bridgehead atoms. The molecular weight excluding hydrogens is 329 g/mol. The predicted octanol–water partition coefficient (Wildman–Crippen LogP) is 5.40. The summed E-state index contributed by atoms with van der Waals surface area (Å²) in [5.41, 5.74) is 8.82. The van der Waals surface area contributed by atoms with Crippen molar-refractivity contribution in [1.82, 2.24) is 0 Å². The second kappa shape index (κ2) is 6.89. The van der Waals surface area contributed by atoms with Crippen LogP contribution in [-0.2, 0) is 0 Å². The van der Waals surface area contributed by atoms with E-state index in [1.807, 2.05) is 32.0 Å². The number of nitrogens with two attached hydrogens (primary N) is 1. The SMILES string of the molecule is CCOc1cc(Cl)c(C(N)c2cccc(C)c2Cl)cc1Cl. The number of halogens is 3. The van der Waals surface area contributed by atoms with Crippen LogP contribution < -0.4 is 10.5 Å². The van der Waals surface area contributed by atoms with Crippen molar-refractivity contribution in [3.8, 4) is 5.75 Å². The summed E-state index contributed by atoms with van der Waals surface area (Å²) in [6.45, 7) is 4.34. The van der Waals surface area contributed by atoms with E-state index in [1.54, 1.807) is 12.1 Å². The zero-order chi connectivity index (χ0) is 15.6. The minimum atomic E-state index is -0.446. The molecule has 0 spiro atoms. The standard InChI is InChI=1S/C16H16Cl3NO/c1-3-21-14-8-12(17)11(7-13(14)18)16(20)10-6-4-5-9(2)15(10)19/h4-8,16H,3,20H2,1-2H3. The van der Waals surface area contributed by atoms with E-state index < -0.39 is 6.04 Å². The van der Waals surface area contributed by atoms with Crippen LogP contribution in [0.3, 0.4) is 0 Å². The first-order chi connectivity index (χ1) is 9.95. The third kappa shape index (κ3) is 3.46. The van der Waals surface area contributed by atoms with Crippen LogP contribution >= 0.6 is 34.8 Å². The van der Waals surface area contributed by atoms with Crippen molar-refractivity contribution in [2.45, 2.75) is 19.9 Å². The van der Waals surface area contributed by atoms with Gasteiger partial charge < -0.3 is 10.5 Å². The molecule has 0 aromatic heterocycles. The van der Waals surface area contributed by atoms with Crippen LogP contribution in [0.25, 0.3) is 0 Å². The molecule has 0 saturated heterocycles. The first-order valence-electron chi connectivity index (χ1n) is 6.58. The molecule has 0 heterocycles. The van der Waals surface area contributed by atoms with E-state index in [4.69, 9.17) is 45.3 Å². The highest BCUT2D eigenvalue weighted by molar-refractivity contribution is 6.35. The van der Waals surface area contributed by atoms with Crippen LogP contribution in [-0.4, -0.2) is 6.61 Å². The predicted molar refractivity (Wildman–Crippen MR) is 89.9 cm³/mol. The molecule has 0 radical (unpaired) electrons. The van der Waals surface area contributed by atoms with E-state index in [1.165, 1.54) is 0 Å². The molecular formula is C16H16Cl3NO. The Hall–Kier alpha value is -0.930. The van der Waals surface area contributed by atoms with Crippen LogP contribution in [0.15, 0.2) is 30.3 Å². The zero-order valence-corrected chi connectivity index (χ0v) is 14.1. The van der Waals surface area contributed by atoms with Gasteiger partial charge in [0, 0.05) is 16.1 Å². The van der Waals surface area contributed by atoms with Gasteiger partial charge in [-0.2, -0.15) is 0 Å². The zero-order valence-electron chi connectivity index (χ0n) is 11.8. The minimum Gasteiger partial charge on any atom is -0.492 e. The summed E-state index contributed by atoms with van der Waals surface area (Å²) in [6.07, 6.45) is 0. The van der Waals surface area contributed by atoms with Gasteiger partial charge in [0.25, 0.3) is 0 Å². The largest absolute Gasteiger partial charge is 0.492 e. The van der Waals surface area contributed by atoms with Crippen LogP contribution in [0, 0.1) is 6.92 Å². The van der Waals surface area contributed by atoms with Gasteiger partial charge in [0.2, 0.25) is 0 Å². The van der Waals surface area contributed by atoms with E-state index in [-0.39, 0.29) is 0 Å². The number of rotatable bonds is 4. The van der Waals surface area contributed by atoms with Crippen molar-refractivity contribution in [2.75, 3.05) is 6.61 Å².